The van der Waals surface area contributed by atoms with Crippen LogP contribution in [0.2, 0.25) is 0 Å². The Morgan fingerprint density at radius 2 is 2.25 bits per heavy atom. The summed E-state index contributed by atoms with van der Waals surface area (Å²) in [7, 11) is 0. The summed E-state index contributed by atoms with van der Waals surface area (Å²) in [5.74, 6) is -1.78. The van der Waals surface area contributed by atoms with Crippen molar-refractivity contribution >= 4 is 23.2 Å². The van der Waals surface area contributed by atoms with Crippen LogP contribution in [0.3, 0.4) is 0 Å². The lowest BCUT2D eigenvalue weighted by Gasteiger charge is -2.30. The molecule has 1 aromatic carbocycles. The fourth-order valence-corrected chi connectivity index (χ4v) is 3.63. The molecule has 24 heavy (non-hydrogen) atoms. The van der Waals surface area contributed by atoms with E-state index in [1.807, 2.05) is 0 Å². The minimum absolute atomic E-state index is 0.114. The van der Waals surface area contributed by atoms with E-state index in [1.54, 1.807) is 22.4 Å². The third-order valence-electron chi connectivity index (χ3n) is 4.08. The lowest BCUT2D eigenvalue weighted by atomic mass is 9.98. The summed E-state index contributed by atoms with van der Waals surface area (Å²) in [5, 5.41) is 11.6. The molecule has 1 atom stereocenters. The second kappa shape index (κ2) is 7.09. The third kappa shape index (κ3) is 3.79. The van der Waals surface area contributed by atoms with Crippen molar-refractivity contribution in [1.82, 2.24) is 9.88 Å². The van der Waals surface area contributed by atoms with Gasteiger partial charge in [-0.3, -0.25) is 9.59 Å². The molecule has 0 saturated carbocycles. The number of aliphatic carboxylic acids is 1. The Bertz CT molecular complexity index is 762. The predicted molar refractivity (Wildman–Crippen MR) is 88.2 cm³/mol. The Morgan fingerprint density at radius 1 is 1.42 bits per heavy atom. The molecule has 5 nitrogen and oxygen atoms in total. The SMILES string of the molecule is O=C(O)C1CCCN(C(=O)Cc2csc(-c3cccc(F)c3)n2)C1. The van der Waals surface area contributed by atoms with E-state index in [9.17, 15) is 14.0 Å². The van der Waals surface area contributed by atoms with Crippen LogP contribution in [0.25, 0.3) is 10.6 Å². The van der Waals surface area contributed by atoms with Gasteiger partial charge in [-0.15, -0.1) is 11.3 Å². The van der Waals surface area contributed by atoms with E-state index < -0.39 is 11.9 Å². The number of carbonyl (C=O) groups is 2. The number of thiazole rings is 1. The number of rotatable bonds is 4. The number of amides is 1. The lowest BCUT2D eigenvalue weighted by molar-refractivity contribution is -0.145. The van der Waals surface area contributed by atoms with E-state index in [4.69, 9.17) is 5.11 Å². The smallest absolute Gasteiger partial charge is 0.308 e. The van der Waals surface area contributed by atoms with Crippen LogP contribution in [0.15, 0.2) is 29.6 Å². The minimum atomic E-state index is -0.852. The van der Waals surface area contributed by atoms with Gasteiger partial charge in [-0.05, 0) is 25.0 Å². The van der Waals surface area contributed by atoms with Gasteiger partial charge in [0.15, 0.2) is 0 Å². The van der Waals surface area contributed by atoms with Crippen molar-refractivity contribution in [3.63, 3.8) is 0 Å². The molecule has 3 rings (SSSR count). The number of benzene rings is 1. The summed E-state index contributed by atoms with van der Waals surface area (Å²) >= 11 is 1.36. The average molecular weight is 348 g/mol. The second-order valence-electron chi connectivity index (χ2n) is 5.85. The zero-order valence-electron chi connectivity index (χ0n) is 12.9. The zero-order valence-corrected chi connectivity index (χ0v) is 13.8. The Morgan fingerprint density at radius 3 is 3.00 bits per heavy atom. The molecule has 0 radical (unpaired) electrons. The van der Waals surface area contributed by atoms with Crippen LogP contribution in [0.4, 0.5) is 4.39 Å². The summed E-state index contributed by atoms with van der Waals surface area (Å²) in [5.41, 5.74) is 1.31. The minimum Gasteiger partial charge on any atom is -0.481 e. The van der Waals surface area contributed by atoms with E-state index in [-0.39, 0.29) is 24.7 Å². The van der Waals surface area contributed by atoms with E-state index in [0.29, 0.717) is 35.7 Å². The van der Waals surface area contributed by atoms with E-state index in [0.717, 1.165) is 0 Å². The normalized spacial score (nSPS) is 17.7. The van der Waals surface area contributed by atoms with Gasteiger partial charge in [0.05, 0.1) is 18.0 Å². The Balaban J connectivity index is 1.66. The fraction of sp³-hybridized carbons (Fsp3) is 0.353. The summed E-state index contributed by atoms with van der Waals surface area (Å²) in [6.07, 6.45) is 1.45. The van der Waals surface area contributed by atoms with Gasteiger partial charge in [0.2, 0.25) is 5.91 Å². The van der Waals surface area contributed by atoms with Crippen molar-refractivity contribution in [3.8, 4) is 10.6 Å². The molecule has 126 valence electrons. The van der Waals surface area contributed by atoms with Gasteiger partial charge in [0, 0.05) is 24.0 Å². The number of nitrogens with zero attached hydrogens (tertiary/aromatic N) is 2. The number of carboxylic acid groups (broad SMARTS) is 1. The van der Waals surface area contributed by atoms with Crippen LogP contribution in [-0.4, -0.2) is 40.0 Å². The maximum atomic E-state index is 13.3. The first-order valence-electron chi connectivity index (χ1n) is 7.74. The van der Waals surface area contributed by atoms with Crippen molar-refractivity contribution in [2.45, 2.75) is 19.3 Å². The lowest BCUT2D eigenvalue weighted by Crippen LogP contribution is -2.43. The number of piperidine rings is 1. The van der Waals surface area contributed by atoms with Crippen LogP contribution < -0.4 is 0 Å². The third-order valence-corrected chi connectivity index (χ3v) is 5.02. The molecule has 2 aromatic rings. The molecule has 1 aromatic heterocycles. The van der Waals surface area contributed by atoms with Gasteiger partial charge >= 0.3 is 5.97 Å². The summed E-state index contributed by atoms with van der Waals surface area (Å²) in [6.45, 7) is 0.846. The molecule has 1 amide bonds. The van der Waals surface area contributed by atoms with E-state index >= 15 is 0 Å². The van der Waals surface area contributed by atoms with Gasteiger partial charge in [0.1, 0.15) is 10.8 Å². The van der Waals surface area contributed by atoms with E-state index in [2.05, 4.69) is 4.98 Å². The Hall–Kier alpha value is -2.28. The van der Waals surface area contributed by atoms with Crippen molar-refractivity contribution in [2.75, 3.05) is 13.1 Å². The van der Waals surface area contributed by atoms with Crippen LogP contribution >= 0.6 is 11.3 Å². The first-order valence-corrected chi connectivity index (χ1v) is 8.62. The maximum Gasteiger partial charge on any atom is 0.308 e. The molecule has 7 heteroatoms. The predicted octanol–water partition coefficient (Wildman–Crippen LogP) is 2.81. The maximum absolute atomic E-state index is 13.3. The Labute approximate surface area is 142 Å². The molecule has 1 N–H and O–H groups in total. The molecule has 0 aliphatic carbocycles. The average Bonchev–Trinajstić information content (AvgIpc) is 3.03. The van der Waals surface area contributed by atoms with Crippen molar-refractivity contribution in [3.05, 3.63) is 41.2 Å². The van der Waals surface area contributed by atoms with Gasteiger partial charge in [-0.2, -0.15) is 0 Å². The highest BCUT2D eigenvalue weighted by Gasteiger charge is 2.28. The number of aromatic nitrogens is 1. The number of likely N-dealkylation sites (tertiary alicyclic amines) is 1. The molecule has 2 heterocycles. The summed E-state index contributed by atoms with van der Waals surface area (Å²) in [4.78, 5) is 29.5. The second-order valence-corrected chi connectivity index (χ2v) is 6.71. The zero-order chi connectivity index (χ0) is 17.1. The monoisotopic (exact) mass is 348 g/mol. The van der Waals surface area contributed by atoms with Crippen LogP contribution in [0.5, 0.6) is 0 Å². The van der Waals surface area contributed by atoms with Crippen molar-refractivity contribution in [2.24, 2.45) is 5.92 Å². The number of carbonyl (C=O) groups excluding carboxylic acids is 1. The fourth-order valence-electron chi connectivity index (χ4n) is 2.81. The van der Waals surface area contributed by atoms with Crippen molar-refractivity contribution < 1.29 is 19.1 Å². The highest BCUT2D eigenvalue weighted by Crippen LogP contribution is 2.25. The van der Waals surface area contributed by atoms with E-state index in [1.165, 1.54) is 23.5 Å². The molecule has 1 saturated heterocycles. The molecule has 1 aliphatic rings. The van der Waals surface area contributed by atoms with Gasteiger partial charge in [-0.1, -0.05) is 12.1 Å². The highest BCUT2D eigenvalue weighted by molar-refractivity contribution is 7.13. The van der Waals surface area contributed by atoms with Crippen LogP contribution in [-0.2, 0) is 16.0 Å². The molecule has 0 bridgehead atoms. The number of carboxylic acids is 1. The van der Waals surface area contributed by atoms with Gasteiger partial charge in [-0.25, -0.2) is 9.37 Å². The molecular formula is C17H17FN2O3S. The molecular weight excluding hydrogens is 331 g/mol. The molecule has 1 aliphatic heterocycles. The molecule has 0 spiro atoms. The number of hydrogen-bond donors (Lipinski definition) is 1. The quantitative estimate of drug-likeness (QED) is 0.922. The Kier molecular flexibility index (Phi) is 4.89. The first kappa shape index (κ1) is 16.6. The molecule has 1 fully saturated rings. The first-order chi connectivity index (χ1) is 11.5. The number of halogens is 1. The highest BCUT2D eigenvalue weighted by atomic mass is 32.1. The topological polar surface area (TPSA) is 70.5 Å². The molecule has 1 unspecified atom stereocenters. The van der Waals surface area contributed by atoms with Crippen LogP contribution in [0.1, 0.15) is 18.5 Å². The largest absolute Gasteiger partial charge is 0.481 e. The summed E-state index contributed by atoms with van der Waals surface area (Å²) in [6, 6.07) is 6.18. The standard InChI is InChI=1S/C17H17FN2O3S/c18-13-5-1-3-11(7-13)16-19-14(10-24-16)8-15(21)20-6-2-4-12(9-20)17(22)23/h1,3,5,7,10,12H,2,4,6,8-9H2,(H,22,23). The van der Waals surface area contributed by atoms with Crippen LogP contribution in [0, 0.1) is 11.7 Å². The van der Waals surface area contributed by atoms with Gasteiger partial charge in [0.25, 0.3) is 0 Å². The van der Waals surface area contributed by atoms with Gasteiger partial charge < -0.3 is 10.0 Å². The van der Waals surface area contributed by atoms with Crippen molar-refractivity contribution in [1.29, 1.82) is 0 Å². The summed E-state index contributed by atoms with van der Waals surface area (Å²) < 4.78 is 13.3. The number of hydrogen-bond acceptors (Lipinski definition) is 4.